The van der Waals surface area contributed by atoms with Crippen LogP contribution in [0.5, 0.6) is 0 Å². The van der Waals surface area contributed by atoms with Crippen molar-refractivity contribution in [1.82, 2.24) is 20.3 Å². The molecule has 0 spiro atoms. The molecule has 274 valence electrons. The molecule has 5 rings (SSSR count). The van der Waals surface area contributed by atoms with E-state index in [2.05, 4.69) is 15.4 Å². The summed E-state index contributed by atoms with van der Waals surface area (Å²) in [6.07, 6.45) is 3.69. The first-order valence-corrected chi connectivity index (χ1v) is 18.9. The number of fused-ring (bicyclic) bond motifs is 2. The van der Waals surface area contributed by atoms with Crippen LogP contribution in [-0.4, -0.2) is 97.4 Å². The third-order valence-electron chi connectivity index (χ3n) is 9.34. The normalized spacial score (nSPS) is 28.8. The van der Waals surface area contributed by atoms with Crippen molar-refractivity contribution >= 4 is 39.8 Å². The molecule has 0 radical (unpaired) electrons. The predicted molar refractivity (Wildman–Crippen MR) is 181 cm³/mol. The Kier molecular flexibility index (Phi) is 11.3. The average molecular weight is 717 g/mol. The molecule has 1 aromatic rings. The summed E-state index contributed by atoms with van der Waals surface area (Å²) in [6, 6.07) is 6.84. The van der Waals surface area contributed by atoms with E-state index in [0.29, 0.717) is 25.7 Å². The fourth-order valence-electron chi connectivity index (χ4n) is 6.48. The monoisotopic (exact) mass is 716 g/mol. The minimum absolute atomic E-state index is 0.0740. The van der Waals surface area contributed by atoms with Gasteiger partial charge in [-0.15, -0.1) is 0 Å². The van der Waals surface area contributed by atoms with E-state index in [-0.39, 0.29) is 39.0 Å². The standard InChI is InChI=1S/C35H48N4O10S/c1-5-26(22-11-7-6-8-12-22)31(42)48-24-19-28-29(40)37-35(32(43)38-50(45,46)25-15-16-25)20-23(35)13-9-17-47-18-10-14-27(30(41)39(28)21-24)36-33(44)49-34(2,3)4/h6-9,11-13,23-28H,5,10,14-21H2,1-4H3,(H,36,44)(H,37,40)(H,38,43)/b13-9-/t23?,24-,26?,27-,28?,35?/m1/s1. The second-order valence-corrected chi connectivity index (χ2v) is 16.4. The van der Waals surface area contributed by atoms with E-state index in [1.54, 1.807) is 32.9 Å². The van der Waals surface area contributed by atoms with Crippen molar-refractivity contribution in [3.8, 4) is 0 Å². The van der Waals surface area contributed by atoms with Crippen molar-refractivity contribution < 1.29 is 46.6 Å². The summed E-state index contributed by atoms with van der Waals surface area (Å²) in [6.45, 7) is 7.23. The van der Waals surface area contributed by atoms with E-state index < -0.39 is 86.2 Å². The van der Waals surface area contributed by atoms with Crippen LogP contribution >= 0.6 is 0 Å². The zero-order valence-electron chi connectivity index (χ0n) is 29.0. The van der Waals surface area contributed by atoms with E-state index in [0.717, 1.165) is 5.56 Å². The second kappa shape index (κ2) is 15.1. The van der Waals surface area contributed by atoms with Crippen LogP contribution in [0.25, 0.3) is 0 Å². The van der Waals surface area contributed by atoms with Crippen molar-refractivity contribution in [1.29, 1.82) is 0 Å². The molecule has 14 nitrogen and oxygen atoms in total. The highest BCUT2D eigenvalue weighted by Gasteiger charge is 2.62. The van der Waals surface area contributed by atoms with Gasteiger partial charge in [-0.3, -0.25) is 23.9 Å². The van der Waals surface area contributed by atoms with Gasteiger partial charge in [0.25, 0.3) is 5.91 Å². The zero-order chi connectivity index (χ0) is 36.3. The third kappa shape index (κ3) is 9.02. The number of alkyl carbamates (subject to hydrolysis) is 1. The number of sulfonamides is 1. The summed E-state index contributed by atoms with van der Waals surface area (Å²) < 4.78 is 44.7. The van der Waals surface area contributed by atoms with Crippen LogP contribution in [0.1, 0.15) is 84.1 Å². The molecule has 4 unspecified atom stereocenters. The van der Waals surface area contributed by atoms with E-state index in [1.165, 1.54) is 4.90 Å². The maximum atomic E-state index is 14.3. The smallest absolute Gasteiger partial charge is 0.408 e. The zero-order valence-corrected chi connectivity index (χ0v) is 29.8. The summed E-state index contributed by atoms with van der Waals surface area (Å²) in [5.41, 5.74) is -1.64. The molecule has 2 heterocycles. The van der Waals surface area contributed by atoms with Gasteiger partial charge in [0.05, 0.1) is 24.3 Å². The molecular weight excluding hydrogens is 668 g/mol. The molecular formula is C35H48N4O10S. The lowest BCUT2D eigenvalue weighted by atomic mass is 9.97. The van der Waals surface area contributed by atoms with Crippen molar-refractivity contribution in [2.24, 2.45) is 5.92 Å². The third-order valence-corrected chi connectivity index (χ3v) is 11.2. The van der Waals surface area contributed by atoms with Crippen LogP contribution in [0.2, 0.25) is 0 Å². The quantitative estimate of drug-likeness (QED) is 0.267. The molecule has 50 heavy (non-hydrogen) atoms. The lowest BCUT2D eigenvalue weighted by molar-refractivity contribution is -0.151. The fourth-order valence-corrected chi connectivity index (χ4v) is 7.84. The second-order valence-electron chi connectivity index (χ2n) is 14.5. The number of esters is 1. The Morgan fingerprint density at radius 2 is 1.84 bits per heavy atom. The molecule has 1 aromatic carbocycles. The van der Waals surface area contributed by atoms with E-state index in [9.17, 15) is 32.4 Å². The van der Waals surface area contributed by atoms with E-state index >= 15 is 0 Å². The van der Waals surface area contributed by atoms with Gasteiger partial charge in [-0.2, -0.15) is 0 Å². The summed E-state index contributed by atoms with van der Waals surface area (Å²) in [7, 11) is -3.92. The molecule has 6 atom stereocenters. The van der Waals surface area contributed by atoms with Crippen LogP contribution in [-0.2, 0) is 43.4 Å². The minimum atomic E-state index is -3.92. The Hall–Kier alpha value is -3.98. The van der Waals surface area contributed by atoms with Crippen molar-refractivity contribution in [2.45, 2.75) is 113 Å². The Labute approximate surface area is 293 Å². The molecule has 2 aliphatic carbocycles. The molecule has 3 fully saturated rings. The molecule has 2 aliphatic heterocycles. The first kappa shape index (κ1) is 37.3. The molecule has 0 bridgehead atoms. The number of nitrogens with one attached hydrogen (secondary N) is 3. The number of carbonyl (C=O) groups is 5. The fraction of sp³-hybridized carbons (Fsp3) is 0.629. The Morgan fingerprint density at radius 1 is 1.12 bits per heavy atom. The maximum Gasteiger partial charge on any atom is 0.408 e. The average Bonchev–Trinajstić information content (AvgIpc) is 3.96. The summed E-state index contributed by atoms with van der Waals surface area (Å²) in [5, 5.41) is 4.76. The highest BCUT2D eigenvalue weighted by molar-refractivity contribution is 7.91. The molecule has 4 amide bonds. The summed E-state index contributed by atoms with van der Waals surface area (Å²) in [5.74, 6) is -3.75. The molecule has 2 saturated carbocycles. The number of amides is 4. The van der Waals surface area contributed by atoms with Crippen molar-refractivity contribution in [2.75, 3.05) is 19.8 Å². The van der Waals surface area contributed by atoms with Gasteiger partial charge in [0.2, 0.25) is 21.8 Å². The van der Waals surface area contributed by atoms with Gasteiger partial charge < -0.3 is 29.7 Å². The lowest BCUT2D eigenvalue weighted by Gasteiger charge is -2.30. The molecule has 0 aromatic heterocycles. The first-order chi connectivity index (χ1) is 23.6. The van der Waals surface area contributed by atoms with Gasteiger partial charge in [0.1, 0.15) is 29.3 Å². The number of hydrogen-bond donors (Lipinski definition) is 3. The van der Waals surface area contributed by atoms with Crippen LogP contribution in [0.4, 0.5) is 4.79 Å². The van der Waals surface area contributed by atoms with Gasteiger partial charge in [0.15, 0.2) is 0 Å². The number of carbonyl (C=O) groups excluding carboxylic acids is 5. The van der Waals surface area contributed by atoms with Gasteiger partial charge in [-0.05, 0) is 64.9 Å². The van der Waals surface area contributed by atoms with Crippen molar-refractivity contribution in [3.63, 3.8) is 0 Å². The van der Waals surface area contributed by atoms with E-state index in [4.69, 9.17) is 14.2 Å². The molecule has 3 N–H and O–H groups in total. The van der Waals surface area contributed by atoms with Gasteiger partial charge >= 0.3 is 12.1 Å². The number of hydrogen-bond acceptors (Lipinski definition) is 10. The SMILES string of the molecule is CCC(C(=O)O[C@@H]1CC2C(=O)NC3(C(=O)NS(=O)(=O)C4CC4)CC3/C=C\COCCC[C@@H](NC(=O)OC(C)(C)C)C(=O)N2C1)c1ccccc1. The number of ether oxygens (including phenoxy) is 3. The number of nitrogens with zero attached hydrogens (tertiary/aromatic N) is 1. The number of rotatable bonds is 8. The van der Waals surface area contributed by atoms with Crippen LogP contribution in [0.3, 0.4) is 0 Å². The van der Waals surface area contributed by atoms with Crippen LogP contribution in [0, 0.1) is 5.92 Å². The van der Waals surface area contributed by atoms with E-state index in [1.807, 2.05) is 37.3 Å². The highest BCUT2D eigenvalue weighted by atomic mass is 32.2. The largest absolute Gasteiger partial charge is 0.460 e. The Morgan fingerprint density at radius 3 is 2.50 bits per heavy atom. The Balaban J connectivity index is 1.42. The molecule has 1 saturated heterocycles. The molecule has 15 heteroatoms. The minimum Gasteiger partial charge on any atom is -0.460 e. The van der Waals surface area contributed by atoms with Gasteiger partial charge in [0, 0.05) is 18.9 Å². The molecule has 4 aliphatic rings. The number of benzene rings is 1. The van der Waals surface area contributed by atoms with Crippen LogP contribution in [0.15, 0.2) is 42.5 Å². The topological polar surface area (TPSA) is 187 Å². The highest BCUT2D eigenvalue weighted by Crippen LogP contribution is 2.46. The van der Waals surface area contributed by atoms with Gasteiger partial charge in [-0.25, -0.2) is 13.2 Å². The summed E-state index contributed by atoms with van der Waals surface area (Å²) >= 11 is 0. The predicted octanol–water partition coefficient (Wildman–Crippen LogP) is 2.44. The Bertz CT molecular complexity index is 1590. The first-order valence-electron chi connectivity index (χ1n) is 17.3. The van der Waals surface area contributed by atoms with Crippen LogP contribution < -0.4 is 15.4 Å². The van der Waals surface area contributed by atoms with Gasteiger partial charge in [-0.1, -0.05) is 49.4 Å². The lowest BCUT2D eigenvalue weighted by Crippen LogP contribution is -2.58. The maximum absolute atomic E-state index is 14.3. The van der Waals surface area contributed by atoms with Crippen molar-refractivity contribution in [3.05, 3.63) is 48.0 Å². The summed E-state index contributed by atoms with van der Waals surface area (Å²) in [4.78, 5) is 69.5.